The molecule has 1 heterocycles. The molecule has 0 N–H and O–H groups in total. The summed E-state index contributed by atoms with van der Waals surface area (Å²) >= 11 is 6.19. The minimum absolute atomic E-state index is 0.0329. The first-order valence-corrected chi connectivity index (χ1v) is 10.8. The highest BCUT2D eigenvalue weighted by Crippen LogP contribution is 2.38. The lowest BCUT2D eigenvalue weighted by molar-refractivity contribution is 0.0471. The van der Waals surface area contributed by atoms with Crippen molar-refractivity contribution in [2.24, 2.45) is 0 Å². The third kappa shape index (κ3) is 4.66. The average molecular weight is 440 g/mol. The average Bonchev–Trinajstić information content (AvgIpc) is 2.71. The van der Waals surface area contributed by atoms with Crippen molar-refractivity contribution < 1.29 is 27.4 Å². The van der Waals surface area contributed by atoms with Crippen LogP contribution in [-0.4, -0.2) is 45.0 Å². The Morgan fingerprint density at radius 2 is 1.93 bits per heavy atom. The Kier molecular flexibility index (Phi) is 6.36. The predicted molar refractivity (Wildman–Crippen MR) is 108 cm³/mol. The SMILES string of the molecule is CC(C)N(C)S(=O)(=O)c1cccc(C(=O)OCc2cc(Cl)c3c(c2)OCCO3)c1. The second-order valence-corrected chi connectivity index (χ2v) is 9.23. The van der Waals surface area contributed by atoms with E-state index < -0.39 is 16.0 Å². The molecule has 1 aliphatic rings. The maximum absolute atomic E-state index is 12.6. The highest BCUT2D eigenvalue weighted by Gasteiger charge is 2.24. The van der Waals surface area contributed by atoms with Crippen molar-refractivity contribution in [2.75, 3.05) is 20.3 Å². The molecule has 0 atom stereocenters. The molecule has 0 bridgehead atoms. The molecular weight excluding hydrogens is 418 g/mol. The second-order valence-electron chi connectivity index (χ2n) is 6.82. The number of benzene rings is 2. The van der Waals surface area contributed by atoms with E-state index in [1.807, 2.05) is 0 Å². The van der Waals surface area contributed by atoms with Crippen LogP contribution in [0.1, 0.15) is 29.8 Å². The third-order valence-electron chi connectivity index (χ3n) is 4.50. The molecule has 0 saturated heterocycles. The normalized spacial score (nSPS) is 13.6. The number of halogens is 1. The smallest absolute Gasteiger partial charge is 0.338 e. The summed E-state index contributed by atoms with van der Waals surface area (Å²) in [5.74, 6) is 0.333. The van der Waals surface area contributed by atoms with Crippen molar-refractivity contribution in [1.29, 1.82) is 0 Å². The van der Waals surface area contributed by atoms with Gasteiger partial charge >= 0.3 is 5.97 Å². The molecule has 3 rings (SSSR count). The number of rotatable bonds is 6. The Morgan fingerprint density at radius 3 is 2.66 bits per heavy atom. The van der Waals surface area contributed by atoms with Gasteiger partial charge in [0, 0.05) is 13.1 Å². The first kappa shape index (κ1) is 21.4. The van der Waals surface area contributed by atoms with Crippen LogP contribution in [-0.2, 0) is 21.4 Å². The van der Waals surface area contributed by atoms with Gasteiger partial charge in [-0.3, -0.25) is 0 Å². The van der Waals surface area contributed by atoms with Gasteiger partial charge in [-0.1, -0.05) is 17.7 Å². The van der Waals surface area contributed by atoms with Crippen molar-refractivity contribution in [3.63, 3.8) is 0 Å². The van der Waals surface area contributed by atoms with Gasteiger partial charge in [0.1, 0.15) is 19.8 Å². The Labute approximate surface area is 175 Å². The fourth-order valence-electron chi connectivity index (χ4n) is 2.71. The summed E-state index contributed by atoms with van der Waals surface area (Å²) in [5.41, 5.74) is 0.780. The van der Waals surface area contributed by atoms with Crippen LogP contribution < -0.4 is 9.47 Å². The number of esters is 1. The number of nitrogens with zero attached hydrogens (tertiary/aromatic N) is 1. The molecule has 1 aliphatic heterocycles. The summed E-state index contributed by atoms with van der Waals surface area (Å²) in [4.78, 5) is 12.5. The first-order valence-electron chi connectivity index (χ1n) is 9.03. The monoisotopic (exact) mass is 439 g/mol. The zero-order valence-electron chi connectivity index (χ0n) is 16.3. The van der Waals surface area contributed by atoms with Gasteiger partial charge in [0.15, 0.2) is 11.5 Å². The molecule has 0 spiro atoms. The van der Waals surface area contributed by atoms with E-state index in [0.717, 1.165) is 0 Å². The summed E-state index contributed by atoms with van der Waals surface area (Å²) in [7, 11) is -2.20. The van der Waals surface area contributed by atoms with Crippen LogP contribution in [0, 0.1) is 0 Å². The van der Waals surface area contributed by atoms with E-state index in [1.165, 1.54) is 35.6 Å². The highest BCUT2D eigenvalue weighted by atomic mass is 35.5. The Morgan fingerprint density at radius 1 is 1.21 bits per heavy atom. The summed E-state index contributed by atoms with van der Waals surface area (Å²) in [6.45, 7) is 4.34. The van der Waals surface area contributed by atoms with Crippen molar-refractivity contribution >= 4 is 27.6 Å². The van der Waals surface area contributed by atoms with Crippen LogP contribution in [0.3, 0.4) is 0 Å². The van der Waals surface area contributed by atoms with Crippen molar-refractivity contribution in [3.8, 4) is 11.5 Å². The molecule has 0 saturated carbocycles. The molecule has 9 heteroatoms. The van der Waals surface area contributed by atoms with Crippen LogP contribution in [0.25, 0.3) is 0 Å². The zero-order valence-corrected chi connectivity index (χ0v) is 17.9. The second kappa shape index (κ2) is 8.61. The number of hydrogen-bond acceptors (Lipinski definition) is 6. The lowest BCUT2D eigenvalue weighted by atomic mass is 10.2. The molecule has 0 fully saturated rings. The fraction of sp³-hybridized carbons (Fsp3) is 0.350. The predicted octanol–water partition coefficient (Wildman–Crippen LogP) is 3.50. The number of sulfonamides is 1. The summed E-state index contributed by atoms with van der Waals surface area (Å²) in [5, 5.41) is 0.373. The maximum atomic E-state index is 12.6. The molecule has 0 aliphatic carbocycles. The molecular formula is C20H22ClNO6S. The van der Waals surface area contributed by atoms with Crippen LogP contribution >= 0.6 is 11.6 Å². The quantitative estimate of drug-likeness (QED) is 0.641. The Hall–Kier alpha value is -2.29. The van der Waals surface area contributed by atoms with Gasteiger partial charge in [0.05, 0.1) is 15.5 Å². The lowest BCUT2D eigenvalue weighted by Crippen LogP contribution is -2.33. The summed E-state index contributed by atoms with van der Waals surface area (Å²) in [6.07, 6.45) is 0. The number of carbonyl (C=O) groups is 1. The minimum Gasteiger partial charge on any atom is -0.486 e. The molecule has 0 radical (unpaired) electrons. The third-order valence-corrected chi connectivity index (χ3v) is 6.81. The molecule has 0 aromatic heterocycles. The van der Waals surface area contributed by atoms with E-state index >= 15 is 0 Å². The highest BCUT2D eigenvalue weighted by molar-refractivity contribution is 7.89. The van der Waals surface area contributed by atoms with E-state index in [0.29, 0.717) is 35.3 Å². The number of ether oxygens (including phenoxy) is 3. The molecule has 29 heavy (non-hydrogen) atoms. The maximum Gasteiger partial charge on any atom is 0.338 e. The summed E-state index contributed by atoms with van der Waals surface area (Å²) < 4.78 is 42.8. The lowest BCUT2D eigenvalue weighted by Gasteiger charge is -2.21. The van der Waals surface area contributed by atoms with E-state index in [-0.39, 0.29) is 23.1 Å². The van der Waals surface area contributed by atoms with Gasteiger partial charge in [-0.25, -0.2) is 13.2 Å². The van der Waals surface area contributed by atoms with Crippen molar-refractivity contribution in [2.45, 2.75) is 31.4 Å². The van der Waals surface area contributed by atoms with Crippen molar-refractivity contribution in [1.82, 2.24) is 4.31 Å². The van der Waals surface area contributed by atoms with Gasteiger partial charge in [-0.15, -0.1) is 0 Å². The van der Waals surface area contributed by atoms with Crippen LogP contribution in [0.2, 0.25) is 5.02 Å². The molecule has 2 aromatic rings. The molecule has 2 aromatic carbocycles. The zero-order chi connectivity index (χ0) is 21.2. The number of carbonyl (C=O) groups excluding carboxylic acids is 1. The van der Waals surface area contributed by atoms with Gasteiger partial charge < -0.3 is 14.2 Å². The minimum atomic E-state index is -3.70. The topological polar surface area (TPSA) is 82.1 Å². The van der Waals surface area contributed by atoms with Crippen LogP contribution in [0.4, 0.5) is 0 Å². The van der Waals surface area contributed by atoms with Crippen molar-refractivity contribution in [3.05, 3.63) is 52.5 Å². The Balaban J connectivity index is 1.75. The summed E-state index contributed by atoms with van der Waals surface area (Å²) in [6, 6.07) is 8.91. The van der Waals surface area contributed by atoms with Gasteiger partial charge in [-0.2, -0.15) is 4.31 Å². The standard InChI is InChI=1S/C20H22ClNO6S/c1-13(2)22(3)29(24,25)16-6-4-5-15(11-16)20(23)28-12-14-9-17(21)19-18(10-14)26-7-8-27-19/h4-6,9-11,13H,7-8,12H2,1-3H3. The van der Waals surface area contributed by atoms with Gasteiger partial charge in [-0.05, 0) is 49.7 Å². The molecule has 0 amide bonds. The van der Waals surface area contributed by atoms with Crippen LogP contribution in [0.15, 0.2) is 41.3 Å². The van der Waals surface area contributed by atoms with Crippen LogP contribution in [0.5, 0.6) is 11.5 Å². The number of hydrogen-bond donors (Lipinski definition) is 0. The molecule has 0 unspecified atom stereocenters. The van der Waals surface area contributed by atoms with E-state index in [2.05, 4.69) is 0 Å². The fourth-order valence-corrected chi connectivity index (χ4v) is 4.41. The number of fused-ring (bicyclic) bond motifs is 1. The Bertz CT molecular complexity index is 1020. The van der Waals surface area contributed by atoms with Gasteiger partial charge in [0.25, 0.3) is 0 Å². The first-order chi connectivity index (χ1) is 13.7. The van der Waals surface area contributed by atoms with E-state index in [9.17, 15) is 13.2 Å². The molecule has 156 valence electrons. The largest absolute Gasteiger partial charge is 0.486 e. The molecule has 7 nitrogen and oxygen atoms in total. The van der Waals surface area contributed by atoms with E-state index in [4.69, 9.17) is 25.8 Å². The van der Waals surface area contributed by atoms with E-state index in [1.54, 1.807) is 26.0 Å². The van der Waals surface area contributed by atoms with Gasteiger partial charge in [0.2, 0.25) is 10.0 Å².